The van der Waals surface area contributed by atoms with Gasteiger partial charge in [0.2, 0.25) is 0 Å². The van der Waals surface area contributed by atoms with Crippen LogP contribution in [0.1, 0.15) is 65.7 Å². The fourth-order valence-electron chi connectivity index (χ4n) is 3.44. The highest BCUT2D eigenvalue weighted by molar-refractivity contribution is 4.90. The third kappa shape index (κ3) is 2.96. The van der Waals surface area contributed by atoms with Crippen LogP contribution in [-0.2, 0) is 0 Å². The maximum absolute atomic E-state index is 3.92. The normalized spacial score (nSPS) is 40.6. The topological polar surface area (TPSA) is 12.0 Å². The van der Waals surface area contributed by atoms with Gasteiger partial charge in [-0.3, -0.25) is 0 Å². The lowest BCUT2D eigenvalue weighted by molar-refractivity contribution is 0.251. The van der Waals surface area contributed by atoms with Crippen LogP contribution in [0.25, 0.3) is 0 Å². The molecule has 1 heteroatoms. The summed E-state index contributed by atoms with van der Waals surface area (Å²) in [7, 11) is 0. The van der Waals surface area contributed by atoms with Crippen molar-refractivity contribution in [2.24, 2.45) is 11.3 Å². The maximum Gasteiger partial charge on any atom is 0.00952 e. The molecular weight excluding hydrogens is 182 g/mol. The third-order valence-electron chi connectivity index (χ3n) is 4.53. The Morgan fingerprint density at radius 2 is 1.80 bits per heavy atom. The van der Waals surface area contributed by atoms with Crippen LogP contribution >= 0.6 is 0 Å². The molecule has 2 saturated carbocycles. The molecule has 0 spiro atoms. The molecule has 0 aromatic rings. The van der Waals surface area contributed by atoms with Crippen LogP contribution in [0.3, 0.4) is 0 Å². The molecule has 0 aromatic carbocycles. The van der Waals surface area contributed by atoms with Gasteiger partial charge < -0.3 is 5.32 Å². The van der Waals surface area contributed by atoms with E-state index in [9.17, 15) is 0 Å². The zero-order valence-corrected chi connectivity index (χ0v) is 10.7. The Hall–Kier alpha value is -0.0400. The highest BCUT2D eigenvalue weighted by Crippen LogP contribution is 2.38. The number of hydrogen-bond donors (Lipinski definition) is 1. The lowest BCUT2D eigenvalue weighted by Gasteiger charge is -2.32. The fraction of sp³-hybridized carbons (Fsp3) is 1.00. The van der Waals surface area contributed by atoms with Crippen LogP contribution < -0.4 is 5.32 Å². The van der Waals surface area contributed by atoms with Gasteiger partial charge >= 0.3 is 0 Å². The molecule has 0 radical (unpaired) electrons. The zero-order valence-electron chi connectivity index (χ0n) is 10.7. The van der Waals surface area contributed by atoms with Crippen molar-refractivity contribution in [2.45, 2.75) is 77.8 Å². The monoisotopic (exact) mass is 209 g/mol. The molecule has 1 N–H and O–H groups in total. The lowest BCUT2D eigenvalue weighted by atomic mass is 9.85. The van der Waals surface area contributed by atoms with E-state index in [-0.39, 0.29) is 0 Å². The Kier molecular flexibility index (Phi) is 3.39. The van der Waals surface area contributed by atoms with Gasteiger partial charge in [0.15, 0.2) is 0 Å². The molecule has 3 atom stereocenters. The van der Waals surface area contributed by atoms with Gasteiger partial charge in [-0.05, 0) is 43.4 Å². The van der Waals surface area contributed by atoms with Crippen molar-refractivity contribution in [2.75, 3.05) is 0 Å². The molecule has 0 aliphatic heterocycles. The number of hydrogen-bond acceptors (Lipinski definition) is 1. The lowest BCUT2D eigenvalue weighted by Crippen LogP contribution is -2.42. The molecule has 0 saturated heterocycles. The molecule has 0 amide bonds. The molecule has 0 heterocycles. The van der Waals surface area contributed by atoms with Crippen molar-refractivity contribution in [1.29, 1.82) is 0 Å². The second-order valence-electron chi connectivity index (χ2n) is 6.64. The molecule has 3 unspecified atom stereocenters. The molecular formula is C14H27N. The predicted octanol–water partition coefficient (Wildman–Crippen LogP) is 3.73. The van der Waals surface area contributed by atoms with Gasteiger partial charge in [0.05, 0.1) is 0 Å². The molecule has 1 nitrogen and oxygen atoms in total. The highest BCUT2D eigenvalue weighted by Gasteiger charge is 2.33. The fourth-order valence-corrected chi connectivity index (χ4v) is 3.44. The summed E-state index contributed by atoms with van der Waals surface area (Å²) in [6.45, 7) is 7.26. The van der Waals surface area contributed by atoms with Gasteiger partial charge in [0.1, 0.15) is 0 Å². The predicted molar refractivity (Wildman–Crippen MR) is 66.0 cm³/mol. The van der Waals surface area contributed by atoms with E-state index in [1.807, 2.05) is 0 Å². The van der Waals surface area contributed by atoms with E-state index in [1.165, 1.54) is 44.9 Å². The van der Waals surface area contributed by atoms with Gasteiger partial charge in [-0.15, -0.1) is 0 Å². The summed E-state index contributed by atoms with van der Waals surface area (Å²) in [5.41, 5.74) is 0.593. The largest absolute Gasteiger partial charge is 0.311 e. The molecule has 0 aromatic heterocycles. The van der Waals surface area contributed by atoms with E-state index in [4.69, 9.17) is 0 Å². The summed E-state index contributed by atoms with van der Waals surface area (Å²) >= 11 is 0. The first-order valence-corrected chi connectivity index (χ1v) is 6.83. The minimum Gasteiger partial charge on any atom is -0.311 e. The Morgan fingerprint density at radius 1 is 1.07 bits per heavy atom. The van der Waals surface area contributed by atoms with Crippen LogP contribution in [0, 0.1) is 11.3 Å². The van der Waals surface area contributed by atoms with E-state index in [1.54, 1.807) is 0 Å². The van der Waals surface area contributed by atoms with Crippen molar-refractivity contribution < 1.29 is 0 Å². The van der Waals surface area contributed by atoms with Crippen LogP contribution in [0.15, 0.2) is 0 Å². The molecule has 2 fully saturated rings. The van der Waals surface area contributed by atoms with Crippen LogP contribution in [0.4, 0.5) is 0 Å². The van der Waals surface area contributed by atoms with Gasteiger partial charge in [-0.25, -0.2) is 0 Å². The Morgan fingerprint density at radius 3 is 2.40 bits per heavy atom. The highest BCUT2D eigenvalue weighted by atomic mass is 15.0. The molecule has 2 rings (SSSR count). The van der Waals surface area contributed by atoms with Gasteiger partial charge in [-0.1, -0.05) is 33.6 Å². The van der Waals surface area contributed by atoms with Gasteiger partial charge in [-0.2, -0.15) is 0 Å². The average Bonchev–Trinajstić information content (AvgIpc) is 2.50. The Balaban J connectivity index is 1.81. The van der Waals surface area contributed by atoms with Crippen LogP contribution in [0.2, 0.25) is 0 Å². The van der Waals surface area contributed by atoms with Crippen molar-refractivity contribution in [3.63, 3.8) is 0 Å². The molecule has 0 bridgehead atoms. The minimum absolute atomic E-state index is 0.593. The van der Waals surface area contributed by atoms with Crippen molar-refractivity contribution in [3.05, 3.63) is 0 Å². The van der Waals surface area contributed by atoms with Gasteiger partial charge in [0, 0.05) is 12.1 Å². The smallest absolute Gasteiger partial charge is 0.00952 e. The molecule has 15 heavy (non-hydrogen) atoms. The Labute approximate surface area is 95.0 Å². The summed E-state index contributed by atoms with van der Waals surface area (Å²) in [4.78, 5) is 0. The van der Waals surface area contributed by atoms with Crippen molar-refractivity contribution in [1.82, 2.24) is 5.32 Å². The average molecular weight is 209 g/mol. The number of nitrogens with one attached hydrogen (secondary N) is 1. The first-order chi connectivity index (χ1) is 7.07. The van der Waals surface area contributed by atoms with Crippen molar-refractivity contribution in [3.8, 4) is 0 Å². The van der Waals surface area contributed by atoms with E-state index < -0.39 is 0 Å². The summed E-state index contributed by atoms with van der Waals surface area (Å²) in [5, 5.41) is 3.92. The summed E-state index contributed by atoms with van der Waals surface area (Å²) < 4.78 is 0. The van der Waals surface area contributed by atoms with E-state index in [2.05, 4.69) is 26.1 Å². The first kappa shape index (κ1) is 11.4. The second kappa shape index (κ2) is 4.45. The Bertz CT molecular complexity index is 209. The second-order valence-corrected chi connectivity index (χ2v) is 6.64. The number of rotatable bonds is 2. The van der Waals surface area contributed by atoms with Crippen LogP contribution in [0.5, 0.6) is 0 Å². The molecule has 88 valence electrons. The minimum atomic E-state index is 0.593. The first-order valence-electron chi connectivity index (χ1n) is 6.83. The van der Waals surface area contributed by atoms with E-state index in [0.717, 1.165) is 18.0 Å². The standard InChI is InChI=1S/C14H27N/c1-11-6-4-5-7-13(11)15-12-8-9-14(2,3)10-12/h11-13,15H,4-10H2,1-3H3. The third-order valence-corrected chi connectivity index (χ3v) is 4.53. The zero-order chi connectivity index (χ0) is 10.9. The SMILES string of the molecule is CC1CCCCC1NC1CCC(C)(C)C1. The maximum atomic E-state index is 3.92. The van der Waals surface area contributed by atoms with Crippen molar-refractivity contribution >= 4 is 0 Å². The quantitative estimate of drug-likeness (QED) is 0.730. The summed E-state index contributed by atoms with van der Waals surface area (Å²) in [6, 6.07) is 1.63. The molecule has 2 aliphatic rings. The molecule has 2 aliphatic carbocycles. The summed E-state index contributed by atoms with van der Waals surface area (Å²) in [6.07, 6.45) is 9.94. The van der Waals surface area contributed by atoms with E-state index >= 15 is 0 Å². The van der Waals surface area contributed by atoms with Crippen LogP contribution in [-0.4, -0.2) is 12.1 Å². The summed E-state index contributed by atoms with van der Waals surface area (Å²) in [5.74, 6) is 0.905. The van der Waals surface area contributed by atoms with Gasteiger partial charge in [0.25, 0.3) is 0 Å². The van der Waals surface area contributed by atoms with E-state index in [0.29, 0.717) is 5.41 Å².